The zero-order valence-corrected chi connectivity index (χ0v) is 12.5. The SMILES string of the molecule is CCc1cc(NS(=O)(=O)c2c[nH]c3cc(C)ccc23)no1. The Morgan fingerprint density at radius 3 is 2.86 bits per heavy atom. The predicted octanol–water partition coefficient (Wildman–Crippen LogP) is 2.83. The van der Waals surface area contributed by atoms with Crippen LogP contribution in [0.5, 0.6) is 0 Å². The molecule has 0 spiro atoms. The van der Waals surface area contributed by atoms with Gasteiger partial charge in [0.25, 0.3) is 10.0 Å². The van der Waals surface area contributed by atoms with Gasteiger partial charge in [-0.2, -0.15) is 0 Å². The number of fused-ring (bicyclic) bond motifs is 1. The van der Waals surface area contributed by atoms with Crippen molar-refractivity contribution in [3.05, 3.63) is 41.8 Å². The van der Waals surface area contributed by atoms with E-state index < -0.39 is 10.0 Å². The van der Waals surface area contributed by atoms with E-state index in [1.165, 1.54) is 6.20 Å². The van der Waals surface area contributed by atoms with Crippen LogP contribution in [0.4, 0.5) is 5.82 Å². The summed E-state index contributed by atoms with van der Waals surface area (Å²) in [5.74, 6) is 0.815. The quantitative estimate of drug-likeness (QED) is 0.775. The Labute approximate surface area is 122 Å². The Kier molecular flexibility index (Phi) is 3.21. The zero-order chi connectivity index (χ0) is 15.0. The maximum absolute atomic E-state index is 12.4. The van der Waals surface area contributed by atoms with Crippen LogP contribution in [0, 0.1) is 6.92 Å². The Hall–Kier alpha value is -2.28. The summed E-state index contributed by atoms with van der Waals surface area (Å²) in [6.07, 6.45) is 2.13. The van der Waals surface area contributed by atoms with Crippen molar-refractivity contribution >= 4 is 26.7 Å². The molecule has 3 aromatic rings. The number of aromatic nitrogens is 2. The lowest BCUT2D eigenvalue weighted by Crippen LogP contribution is -2.12. The maximum Gasteiger partial charge on any atom is 0.265 e. The molecule has 0 amide bonds. The molecule has 7 heteroatoms. The van der Waals surface area contributed by atoms with Gasteiger partial charge in [-0.25, -0.2) is 8.42 Å². The van der Waals surface area contributed by atoms with Crippen LogP contribution in [-0.2, 0) is 16.4 Å². The highest BCUT2D eigenvalue weighted by Gasteiger charge is 2.20. The largest absolute Gasteiger partial charge is 0.360 e. The van der Waals surface area contributed by atoms with E-state index in [0.717, 1.165) is 11.1 Å². The van der Waals surface area contributed by atoms with E-state index in [4.69, 9.17) is 4.52 Å². The predicted molar refractivity (Wildman–Crippen MR) is 79.7 cm³/mol. The third kappa shape index (κ3) is 2.52. The van der Waals surface area contributed by atoms with Gasteiger partial charge in [0.15, 0.2) is 5.82 Å². The van der Waals surface area contributed by atoms with E-state index in [1.807, 2.05) is 26.0 Å². The number of nitrogens with one attached hydrogen (secondary N) is 2. The van der Waals surface area contributed by atoms with Crippen LogP contribution >= 0.6 is 0 Å². The first-order valence-corrected chi connectivity index (χ1v) is 8.04. The number of sulfonamides is 1. The molecule has 0 saturated carbocycles. The summed E-state index contributed by atoms with van der Waals surface area (Å²) < 4.78 is 32.3. The molecule has 0 unspecified atom stereocenters. The summed E-state index contributed by atoms with van der Waals surface area (Å²) in [7, 11) is -3.71. The lowest BCUT2D eigenvalue weighted by atomic mass is 10.2. The first-order valence-electron chi connectivity index (χ1n) is 6.56. The van der Waals surface area contributed by atoms with E-state index >= 15 is 0 Å². The van der Waals surface area contributed by atoms with E-state index in [9.17, 15) is 8.42 Å². The number of aromatic amines is 1. The molecule has 21 heavy (non-hydrogen) atoms. The molecule has 0 fully saturated rings. The van der Waals surface area contributed by atoms with E-state index in [2.05, 4.69) is 14.9 Å². The number of H-pyrrole nitrogens is 1. The number of rotatable bonds is 4. The molecule has 3 rings (SSSR count). The second kappa shape index (κ2) is 4.92. The number of anilines is 1. The van der Waals surface area contributed by atoms with Crippen molar-refractivity contribution < 1.29 is 12.9 Å². The van der Waals surface area contributed by atoms with Crippen LogP contribution in [0.3, 0.4) is 0 Å². The molecule has 2 aromatic heterocycles. The molecule has 110 valence electrons. The van der Waals surface area contributed by atoms with Crippen LogP contribution < -0.4 is 4.72 Å². The lowest BCUT2D eigenvalue weighted by molar-refractivity contribution is 0.389. The topological polar surface area (TPSA) is 88.0 Å². The van der Waals surface area contributed by atoms with Gasteiger partial charge >= 0.3 is 0 Å². The first kappa shape index (κ1) is 13.7. The average Bonchev–Trinajstić information content (AvgIpc) is 3.04. The molecule has 0 aliphatic heterocycles. The number of aryl methyl sites for hydroxylation is 2. The summed E-state index contributed by atoms with van der Waals surface area (Å²) in [5.41, 5.74) is 1.84. The zero-order valence-electron chi connectivity index (χ0n) is 11.7. The van der Waals surface area contributed by atoms with Gasteiger partial charge in [0.2, 0.25) is 0 Å². The third-order valence-electron chi connectivity index (χ3n) is 3.24. The molecule has 1 aromatic carbocycles. The van der Waals surface area contributed by atoms with Gasteiger partial charge in [-0.15, -0.1) is 0 Å². The summed E-state index contributed by atoms with van der Waals surface area (Å²) in [4.78, 5) is 3.17. The third-order valence-corrected chi connectivity index (χ3v) is 4.63. The van der Waals surface area contributed by atoms with Crippen LogP contribution in [-0.4, -0.2) is 18.6 Å². The molecule has 0 radical (unpaired) electrons. The van der Waals surface area contributed by atoms with Gasteiger partial charge in [0, 0.05) is 29.6 Å². The van der Waals surface area contributed by atoms with Crippen molar-refractivity contribution in [2.45, 2.75) is 25.2 Å². The normalized spacial score (nSPS) is 11.9. The minimum absolute atomic E-state index is 0.188. The summed E-state index contributed by atoms with van der Waals surface area (Å²) in [6.45, 7) is 3.86. The van der Waals surface area contributed by atoms with Gasteiger partial charge in [-0.3, -0.25) is 4.72 Å². The molecular weight excluding hydrogens is 290 g/mol. The van der Waals surface area contributed by atoms with Gasteiger partial charge in [0.1, 0.15) is 10.7 Å². The summed E-state index contributed by atoms with van der Waals surface area (Å²) in [5, 5.41) is 4.35. The van der Waals surface area contributed by atoms with Crippen LogP contribution in [0.1, 0.15) is 18.2 Å². The van der Waals surface area contributed by atoms with Crippen LogP contribution in [0.2, 0.25) is 0 Å². The van der Waals surface area contributed by atoms with Crippen molar-refractivity contribution in [3.8, 4) is 0 Å². The molecule has 2 heterocycles. The number of benzene rings is 1. The molecule has 2 N–H and O–H groups in total. The summed E-state index contributed by atoms with van der Waals surface area (Å²) in [6, 6.07) is 7.15. The number of hydrogen-bond donors (Lipinski definition) is 2. The van der Waals surface area contributed by atoms with Gasteiger partial charge in [-0.05, 0) is 18.6 Å². The second-order valence-corrected chi connectivity index (χ2v) is 6.49. The molecule has 0 saturated heterocycles. The van der Waals surface area contributed by atoms with Crippen molar-refractivity contribution in [2.75, 3.05) is 4.72 Å². The Balaban J connectivity index is 2.00. The second-order valence-electron chi connectivity index (χ2n) is 4.84. The molecule has 0 bridgehead atoms. The lowest BCUT2D eigenvalue weighted by Gasteiger charge is -2.03. The smallest absolute Gasteiger partial charge is 0.265 e. The average molecular weight is 305 g/mol. The Bertz CT molecular complexity index is 893. The molecule has 0 aliphatic carbocycles. The van der Waals surface area contributed by atoms with Crippen molar-refractivity contribution in [2.24, 2.45) is 0 Å². The number of hydrogen-bond acceptors (Lipinski definition) is 4. The van der Waals surface area contributed by atoms with E-state index in [-0.39, 0.29) is 10.7 Å². The number of nitrogens with zero attached hydrogens (tertiary/aromatic N) is 1. The minimum atomic E-state index is -3.71. The van der Waals surface area contributed by atoms with E-state index in [0.29, 0.717) is 17.6 Å². The van der Waals surface area contributed by atoms with Gasteiger partial charge < -0.3 is 9.51 Å². The highest BCUT2D eigenvalue weighted by atomic mass is 32.2. The van der Waals surface area contributed by atoms with Crippen LogP contribution in [0.25, 0.3) is 10.9 Å². The highest BCUT2D eigenvalue weighted by Crippen LogP contribution is 2.25. The van der Waals surface area contributed by atoms with Crippen molar-refractivity contribution in [1.29, 1.82) is 0 Å². The fraction of sp³-hybridized carbons (Fsp3) is 0.214. The first-order chi connectivity index (χ1) is 9.99. The standard InChI is InChI=1S/C14H15N3O3S/c1-3-10-7-14(16-20-10)17-21(18,19)13-8-15-12-6-9(2)4-5-11(12)13/h4-8,15H,3H2,1-2H3,(H,16,17). The van der Waals surface area contributed by atoms with E-state index in [1.54, 1.807) is 12.1 Å². The Morgan fingerprint density at radius 1 is 1.33 bits per heavy atom. The molecule has 6 nitrogen and oxygen atoms in total. The van der Waals surface area contributed by atoms with Crippen LogP contribution in [0.15, 0.2) is 39.9 Å². The molecule has 0 aliphatic rings. The van der Waals surface area contributed by atoms with Gasteiger partial charge in [-0.1, -0.05) is 24.2 Å². The Morgan fingerprint density at radius 2 is 2.14 bits per heavy atom. The summed E-state index contributed by atoms with van der Waals surface area (Å²) >= 11 is 0. The fourth-order valence-electron chi connectivity index (χ4n) is 2.16. The van der Waals surface area contributed by atoms with Crippen molar-refractivity contribution in [3.63, 3.8) is 0 Å². The highest BCUT2D eigenvalue weighted by molar-refractivity contribution is 7.93. The maximum atomic E-state index is 12.4. The fourth-order valence-corrected chi connectivity index (χ4v) is 3.32. The minimum Gasteiger partial charge on any atom is -0.360 e. The van der Waals surface area contributed by atoms with Gasteiger partial charge in [0.05, 0.1) is 0 Å². The molecular formula is C14H15N3O3S. The van der Waals surface area contributed by atoms with Crippen molar-refractivity contribution in [1.82, 2.24) is 10.1 Å². The molecule has 0 atom stereocenters. The monoisotopic (exact) mass is 305 g/mol.